The molecule has 0 radical (unpaired) electrons. The second-order valence-electron chi connectivity index (χ2n) is 6.59. The molecule has 0 aliphatic rings. The Morgan fingerprint density at radius 3 is 2.27 bits per heavy atom. The molecule has 0 amide bonds. The number of rotatable bonds is 5. The highest BCUT2D eigenvalue weighted by Crippen LogP contribution is 2.43. The summed E-state index contributed by atoms with van der Waals surface area (Å²) in [5.41, 5.74) is 6.09. The van der Waals surface area contributed by atoms with Gasteiger partial charge in [-0.25, -0.2) is 0 Å². The van der Waals surface area contributed by atoms with Gasteiger partial charge in [0.1, 0.15) is 0 Å². The van der Waals surface area contributed by atoms with Crippen molar-refractivity contribution in [2.45, 2.75) is 26.3 Å². The Labute approximate surface area is 159 Å². The molecular weight excluding hydrogens is 338 g/mol. The van der Waals surface area contributed by atoms with E-state index in [1.807, 2.05) is 12.1 Å². The minimum absolute atomic E-state index is 0.795. The number of hydrogen-bond donors (Lipinski definition) is 0. The van der Waals surface area contributed by atoms with Crippen molar-refractivity contribution in [3.63, 3.8) is 0 Å². The summed E-state index contributed by atoms with van der Waals surface area (Å²) in [5, 5.41) is 2.05. The summed E-state index contributed by atoms with van der Waals surface area (Å²) in [7, 11) is 0. The maximum absolute atomic E-state index is 6.62. The van der Waals surface area contributed by atoms with E-state index in [1.165, 1.54) is 34.1 Å². The number of aromatic nitrogens is 1. The van der Waals surface area contributed by atoms with Gasteiger partial charge in [-0.05, 0) is 24.1 Å². The third-order valence-corrected chi connectivity index (χ3v) is 5.23. The quantitative estimate of drug-likeness (QED) is 0.349. The van der Waals surface area contributed by atoms with Gasteiger partial charge in [-0.2, -0.15) is 0 Å². The first kappa shape index (κ1) is 16.9. The average molecular weight is 360 g/mol. The molecule has 0 saturated carbocycles. The molecule has 0 atom stereocenters. The molecule has 0 unspecified atom stereocenters. The smallest absolute Gasteiger partial charge is 0.0571 e. The zero-order valence-electron chi connectivity index (χ0n) is 15.0. The summed E-state index contributed by atoms with van der Waals surface area (Å²) in [6.45, 7) is 3.24. The van der Waals surface area contributed by atoms with E-state index in [0.29, 0.717) is 0 Å². The van der Waals surface area contributed by atoms with Gasteiger partial charge in [-0.3, -0.25) is 0 Å². The van der Waals surface area contributed by atoms with Crippen LogP contribution >= 0.6 is 11.6 Å². The highest BCUT2D eigenvalue weighted by atomic mass is 35.5. The molecule has 0 aliphatic heterocycles. The molecule has 0 N–H and O–H groups in total. The Morgan fingerprint density at radius 2 is 1.50 bits per heavy atom. The number of nitrogens with zero attached hydrogens (tertiary/aromatic N) is 1. The van der Waals surface area contributed by atoms with Crippen LogP contribution in [0.4, 0.5) is 0 Å². The normalized spacial score (nSPS) is 11.2. The third-order valence-electron chi connectivity index (χ3n) is 4.90. The topological polar surface area (TPSA) is 4.93 Å². The van der Waals surface area contributed by atoms with Crippen LogP contribution in [0.3, 0.4) is 0 Å². The van der Waals surface area contributed by atoms with E-state index < -0.39 is 0 Å². The van der Waals surface area contributed by atoms with E-state index in [2.05, 4.69) is 78.2 Å². The summed E-state index contributed by atoms with van der Waals surface area (Å²) >= 11 is 6.62. The van der Waals surface area contributed by atoms with Crippen molar-refractivity contribution in [3.8, 4) is 22.4 Å². The van der Waals surface area contributed by atoms with E-state index in [4.69, 9.17) is 11.6 Å². The Hall–Kier alpha value is -2.51. The number of halogens is 1. The Balaban J connectivity index is 2.11. The number of benzene rings is 3. The lowest BCUT2D eigenvalue weighted by molar-refractivity contribution is 0.655. The molecule has 2 heteroatoms. The predicted molar refractivity (Wildman–Crippen MR) is 113 cm³/mol. The minimum Gasteiger partial charge on any atom is -0.340 e. The molecule has 0 bridgehead atoms. The highest BCUT2D eigenvalue weighted by molar-refractivity contribution is 6.34. The van der Waals surface area contributed by atoms with Crippen LogP contribution in [-0.4, -0.2) is 4.57 Å². The second kappa shape index (κ2) is 7.39. The lowest BCUT2D eigenvalue weighted by Crippen LogP contribution is -2.00. The van der Waals surface area contributed by atoms with Gasteiger partial charge in [0.25, 0.3) is 0 Å². The summed E-state index contributed by atoms with van der Waals surface area (Å²) in [6.07, 6.45) is 2.32. The van der Waals surface area contributed by atoms with Crippen molar-refractivity contribution in [1.82, 2.24) is 4.57 Å². The Morgan fingerprint density at radius 1 is 0.808 bits per heavy atom. The van der Waals surface area contributed by atoms with Crippen LogP contribution in [0.15, 0.2) is 78.9 Å². The van der Waals surface area contributed by atoms with Crippen molar-refractivity contribution in [3.05, 3.63) is 83.9 Å². The number of hydrogen-bond acceptors (Lipinski definition) is 0. The fourth-order valence-corrected chi connectivity index (χ4v) is 3.91. The summed E-state index contributed by atoms with van der Waals surface area (Å²) in [4.78, 5) is 0. The molecule has 3 aromatic carbocycles. The molecule has 0 spiro atoms. The summed E-state index contributed by atoms with van der Waals surface area (Å²) < 4.78 is 2.47. The number of unbranched alkanes of at least 4 members (excludes halogenated alkanes) is 1. The molecule has 1 aromatic heterocycles. The van der Waals surface area contributed by atoms with Crippen LogP contribution in [-0.2, 0) is 6.54 Å². The summed E-state index contributed by atoms with van der Waals surface area (Å²) in [5.74, 6) is 0. The van der Waals surface area contributed by atoms with Crippen LogP contribution < -0.4 is 0 Å². The molecule has 26 heavy (non-hydrogen) atoms. The molecule has 4 rings (SSSR count). The molecule has 0 aliphatic carbocycles. The molecule has 0 fully saturated rings. The van der Waals surface area contributed by atoms with Crippen molar-refractivity contribution in [2.75, 3.05) is 0 Å². The number of aryl methyl sites for hydroxylation is 1. The lowest BCUT2D eigenvalue weighted by atomic mass is 9.98. The predicted octanol–water partition coefficient (Wildman–Crippen LogP) is 7.43. The van der Waals surface area contributed by atoms with Crippen molar-refractivity contribution in [1.29, 1.82) is 0 Å². The van der Waals surface area contributed by atoms with Gasteiger partial charge in [-0.1, -0.05) is 91.7 Å². The molecule has 0 saturated heterocycles. The maximum Gasteiger partial charge on any atom is 0.0571 e. The number of fused-ring (bicyclic) bond motifs is 1. The number of para-hydroxylation sites is 1. The minimum atomic E-state index is 0.795. The van der Waals surface area contributed by atoms with Gasteiger partial charge in [0.05, 0.1) is 5.69 Å². The van der Waals surface area contributed by atoms with E-state index in [9.17, 15) is 0 Å². The van der Waals surface area contributed by atoms with Gasteiger partial charge in [0, 0.05) is 33.6 Å². The van der Waals surface area contributed by atoms with Crippen LogP contribution in [0.2, 0.25) is 5.02 Å². The Kier molecular flexibility index (Phi) is 4.81. The van der Waals surface area contributed by atoms with Crippen molar-refractivity contribution < 1.29 is 0 Å². The van der Waals surface area contributed by atoms with Crippen LogP contribution in [0.5, 0.6) is 0 Å². The van der Waals surface area contributed by atoms with E-state index in [1.54, 1.807) is 0 Å². The van der Waals surface area contributed by atoms with Crippen molar-refractivity contribution >= 4 is 22.5 Å². The average Bonchev–Trinajstić information content (AvgIpc) is 3.01. The molecule has 1 nitrogen and oxygen atoms in total. The molecular formula is C24H22ClN. The molecule has 1 heterocycles. The maximum atomic E-state index is 6.62. The molecule has 130 valence electrons. The highest BCUT2D eigenvalue weighted by Gasteiger charge is 2.20. The van der Waals surface area contributed by atoms with Gasteiger partial charge in [0.2, 0.25) is 0 Å². The largest absolute Gasteiger partial charge is 0.340 e. The van der Waals surface area contributed by atoms with Crippen LogP contribution in [0.1, 0.15) is 19.8 Å². The fourth-order valence-electron chi connectivity index (χ4n) is 3.68. The van der Waals surface area contributed by atoms with Crippen LogP contribution in [0.25, 0.3) is 33.3 Å². The second-order valence-corrected chi connectivity index (χ2v) is 7.00. The van der Waals surface area contributed by atoms with Gasteiger partial charge in [0.15, 0.2) is 0 Å². The molecule has 4 aromatic rings. The fraction of sp³-hybridized carbons (Fsp3) is 0.167. The van der Waals surface area contributed by atoms with E-state index >= 15 is 0 Å². The van der Waals surface area contributed by atoms with Gasteiger partial charge >= 0.3 is 0 Å². The zero-order valence-corrected chi connectivity index (χ0v) is 15.7. The first-order valence-corrected chi connectivity index (χ1v) is 9.60. The van der Waals surface area contributed by atoms with Gasteiger partial charge in [-0.15, -0.1) is 0 Å². The van der Waals surface area contributed by atoms with Crippen LogP contribution in [0, 0.1) is 0 Å². The zero-order chi connectivity index (χ0) is 17.9. The monoisotopic (exact) mass is 359 g/mol. The summed E-state index contributed by atoms with van der Waals surface area (Å²) in [6, 6.07) is 27.5. The Bertz CT molecular complexity index is 1030. The van der Waals surface area contributed by atoms with E-state index in [0.717, 1.165) is 23.6 Å². The van der Waals surface area contributed by atoms with Crippen molar-refractivity contribution in [2.24, 2.45) is 0 Å². The van der Waals surface area contributed by atoms with Gasteiger partial charge < -0.3 is 4.57 Å². The lowest BCUT2D eigenvalue weighted by Gasteiger charge is -2.13. The first-order chi connectivity index (χ1) is 12.8. The third kappa shape index (κ3) is 2.93. The van der Waals surface area contributed by atoms with E-state index in [-0.39, 0.29) is 0 Å². The standard InChI is InChI=1S/C24H22ClN/c1-2-3-17-26-22-16-10-8-14-20(22)23(19-13-7-9-15-21(19)25)24(26)18-11-5-4-6-12-18/h4-16H,2-3,17H2,1H3. The first-order valence-electron chi connectivity index (χ1n) is 9.22. The SMILES string of the molecule is CCCCn1c(-c2ccccc2)c(-c2ccccc2Cl)c2ccccc21.